The fourth-order valence-corrected chi connectivity index (χ4v) is 9.63. The highest BCUT2D eigenvalue weighted by molar-refractivity contribution is 5.92. The van der Waals surface area contributed by atoms with Crippen LogP contribution >= 0.6 is 0 Å². The first kappa shape index (κ1) is 25.2. The van der Waals surface area contributed by atoms with E-state index in [1.807, 2.05) is 6.92 Å². The van der Waals surface area contributed by atoms with Crippen molar-refractivity contribution in [3.05, 3.63) is 12.3 Å². The van der Waals surface area contributed by atoms with E-state index < -0.39 is 47.0 Å². The van der Waals surface area contributed by atoms with Gasteiger partial charge in [-0.15, -0.1) is 0 Å². The fourth-order valence-electron chi connectivity index (χ4n) is 9.63. The van der Waals surface area contributed by atoms with Gasteiger partial charge in [0, 0.05) is 43.8 Å². The van der Waals surface area contributed by atoms with Gasteiger partial charge in [0.15, 0.2) is 12.1 Å². The minimum Gasteiger partial charge on any atom is -0.515 e. The quantitative estimate of drug-likeness (QED) is 0.311. The van der Waals surface area contributed by atoms with Crippen LogP contribution < -0.4 is 0 Å². The van der Waals surface area contributed by atoms with E-state index in [1.165, 1.54) is 13.0 Å². The summed E-state index contributed by atoms with van der Waals surface area (Å²) in [7, 11) is 1.56. The lowest BCUT2D eigenvalue weighted by Crippen LogP contribution is -2.73. The van der Waals surface area contributed by atoms with Crippen molar-refractivity contribution in [2.24, 2.45) is 34.5 Å². The lowest BCUT2D eigenvalue weighted by molar-refractivity contribution is -0.347. The standard InChI is InChI=1S/C27H40O8/c1-15(29)34-16-13-21(31)25(3)17-5-9-24(2)19-7-11-27(24,18(17)6-10-26(25,32)14-16)35-23(33-4)22(19)20(30)8-12-28/h8,12,16-19,21-23,28,31-32H,5-7,9-11,13-14H2,1-4H3/b12-8+/t16-,17-,18+,19+,21+,22+,23-,24+,25-,26-,27-/m0/s1. The summed E-state index contributed by atoms with van der Waals surface area (Å²) in [6, 6.07) is 0. The topological polar surface area (TPSA) is 123 Å². The van der Waals surface area contributed by atoms with Crippen LogP contribution in [0.15, 0.2) is 12.3 Å². The molecule has 1 heterocycles. The molecular formula is C27H40O8. The van der Waals surface area contributed by atoms with E-state index in [0.717, 1.165) is 38.4 Å². The van der Waals surface area contributed by atoms with Gasteiger partial charge in [-0.1, -0.05) is 13.8 Å². The Hall–Kier alpha value is -1.48. The van der Waals surface area contributed by atoms with Crippen LogP contribution in [0.25, 0.3) is 0 Å². The van der Waals surface area contributed by atoms with Crippen LogP contribution in [0.5, 0.6) is 0 Å². The molecule has 0 aromatic rings. The van der Waals surface area contributed by atoms with E-state index >= 15 is 0 Å². The molecule has 1 aliphatic heterocycles. The van der Waals surface area contributed by atoms with Gasteiger partial charge in [-0.2, -0.15) is 0 Å². The average molecular weight is 493 g/mol. The van der Waals surface area contributed by atoms with Crippen molar-refractivity contribution >= 4 is 11.8 Å². The Morgan fingerprint density at radius 1 is 1.06 bits per heavy atom. The molecule has 0 amide bonds. The number of ketones is 1. The maximum atomic E-state index is 13.0. The number of fused-ring (bicyclic) bond motifs is 3. The Morgan fingerprint density at radius 2 is 1.74 bits per heavy atom. The maximum absolute atomic E-state index is 13.0. The summed E-state index contributed by atoms with van der Waals surface area (Å²) in [4.78, 5) is 24.6. The normalized spacial score (nSPS) is 52.9. The number of aliphatic hydroxyl groups excluding tert-OH is 2. The molecular weight excluding hydrogens is 452 g/mol. The predicted octanol–water partition coefficient (Wildman–Crippen LogP) is 3.05. The van der Waals surface area contributed by atoms with Gasteiger partial charge in [0.1, 0.15) is 6.10 Å². The van der Waals surface area contributed by atoms with E-state index in [1.54, 1.807) is 7.11 Å². The van der Waals surface area contributed by atoms with Crippen LogP contribution in [-0.4, -0.2) is 63.9 Å². The third-order valence-corrected chi connectivity index (χ3v) is 11.2. The number of aliphatic hydroxyl groups is 3. The number of rotatable bonds is 4. The Labute approximate surface area is 207 Å². The Kier molecular flexibility index (Phi) is 5.95. The molecule has 4 saturated carbocycles. The molecule has 196 valence electrons. The van der Waals surface area contributed by atoms with Crippen LogP contribution in [0.1, 0.15) is 72.1 Å². The summed E-state index contributed by atoms with van der Waals surface area (Å²) < 4.78 is 18.0. The van der Waals surface area contributed by atoms with E-state index in [2.05, 4.69) is 6.92 Å². The van der Waals surface area contributed by atoms with E-state index in [9.17, 15) is 24.9 Å². The summed E-state index contributed by atoms with van der Waals surface area (Å²) in [5.74, 6) is -0.825. The van der Waals surface area contributed by atoms with Crippen LogP contribution in [0.4, 0.5) is 0 Å². The molecule has 8 nitrogen and oxygen atoms in total. The third kappa shape index (κ3) is 3.19. The van der Waals surface area contributed by atoms with Gasteiger partial charge in [-0.05, 0) is 56.3 Å². The zero-order chi connectivity index (χ0) is 25.4. The van der Waals surface area contributed by atoms with Crippen molar-refractivity contribution < 1.29 is 39.1 Å². The first-order chi connectivity index (χ1) is 16.5. The van der Waals surface area contributed by atoms with Crippen molar-refractivity contribution in [3.63, 3.8) is 0 Å². The molecule has 11 atom stereocenters. The SMILES string of the molecule is CO[C@H]1O[C@]23CC[C@H]([C@@H]1C(=O)/C=C/O)[C@@]2(C)CC[C@H]1[C@H]3CC[C@]2(O)C[C@@H](OC(C)=O)C[C@@H](O)[C@]12C. The minimum atomic E-state index is -1.13. The summed E-state index contributed by atoms with van der Waals surface area (Å²) in [6.45, 7) is 5.62. The molecule has 3 N–H and O–H groups in total. The number of methoxy groups -OCH3 is 1. The first-order valence-corrected chi connectivity index (χ1v) is 13.1. The van der Waals surface area contributed by atoms with Crippen LogP contribution in [0.2, 0.25) is 0 Å². The van der Waals surface area contributed by atoms with Gasteiger partial charge < -0.3 is 29.5 Å². The molecule has 0 radical (unpaired) electrons. The highest BCUT2D eigenvalue weighted by Crippen LogP contribution is 2.73. The van der Waals surface area contributed by atoms with Gasteiger partial charge in [-0.3, -0.25) is 9.59 Å². The summed E-state index contributed by atoms with van der Waals surface area (Å²) >= 11 is 0. The maximum Gasteiger partial charge on any atom is 0.302 e. The van der Waals surface area contributed by atoms with Gasteiger partial charge in [0.05, 0.1) is 29.5 Å². The molecule has 8 heteroatoms. The summed E-state index contributed by atoms with van der Waals surface area (Å²) in [6.07, 6.45) is 5.20. The lowest BCUT2D eigenvalue weighted by Gasteiger charge is -2.69. The molecule has 1 saturated heterocycles. The zero-order valence-electron chi connectivity index (χ0n) is 21.2. The second-order valence-corrected chi connectivity index (χ2v) is 12.2. The monoisotopic (exact) mass is 492 g/mol. The number of allylic oxidation sites excluding steroid dienone is 1. The van der Waals surface area contributed by atoms with Crippen LogP contribution in [0, 0.1) is 34.5 Å². The largest absolute Gasteiger partial charge is 0.515 e. The summed E-state index contributed by atoms with van der Waals surface area (Å²) in [5, 5.41) is 32.6. The van der Waals surface area contributed by atoms with Crippen molar-refractivity contribution in [1.82, 2.24) is 0 Å². The van der Waals surface area contributed by atoms with Crippen molar-refractivity contribution in [3.8, 4) is 0 Å². The fraction of sp³-hybridized carbons (Fsp3) is 0.852. The highest BCUT2D eigenvalue weighted by Gasteiger charge is 2.75. The predicted molar refractivity (Wildman–Crippen MR) is 125 cm³/mol. The van der Waals surface area contributed by atoms with E-state index in [-0.39, 0.29) is 29.0 Å². The number of carbonyl (C=O) groups is 2. The molecule has 5 rings (SSSR count). The van der Waals surface area contributed by atoms with Gasteiger partial charge in [0.2, 0.25) is 0 Å². The van der Waals surface area contributed by atoms with Crippen LogP contribution in [-0.2, 0) is 23.8 Å². The smallest absolute Gasteiger partial charge is 0.302 e. The number of hydrogen-bond donors (Lipinski definition) is 3. The Bertz CT molecular complexity index is 919. The second kappa shape index (κ2) is 8.27. The van der Waals surface area contributed by atoms with Gasteiger partial charge in [0.25, 0.3) is 0 Å². The van der Waals surface area contributed by atoms with Crippen molar-refractivity contribution in [1.29, 1.82) is 0 Å². The molecule has 0 spiro atoms. The minimum absolute atomic E-state index is 0.0310. The highest BCUT2D eigenvalue weighted by atomic mass is 16.7. The molecule has 35 heavy (non-hydrogen) atoms. The second-order valence-electron chi connectivity index (χ2n) is 12.2. The Morgan fingerprint density at radius 3 is 2.40 bits per heavy atom. The average Bonchev–Trinajstić information content (AvgIpc) is 2.96. The summed E-state index contributed by atoms with van der Waals surface area (Å²) in [5.41, 5.74) is -2.62. The molecule has 5 aliphatic rings. The molecule has 0 unspecified atom stereocenters. The molecule has 2 bridgehead atoms. The van der Waals surface area contributed by atoms with Crippen molar-refractivity contribution in [2.75, 3.05) is 7.11 Å². The Balaban J connectivity index is 1.51. The lowest BCUT2D eigenvalue weighted by atomic mass is 9.40. The van der Waals surface area contributed by atoms with Gasteiger partial charge in [-0.25, -0.2) is 0 Å². The molecule has 5 fully saturated rings. The number of carbonyl (C=O) groups excluding carboxylic acids is 2. The molecule has 0 aromatic heterocycles. The van der Waals surface area contributed by atoms with E-state index in [4.69, 9.17) is 14.2 Å². The van der Waals surface area contributed by atoms with Crippen molar-refractivity contribution in [2.45, 2.75) is 102 Å². The number of hydrogen-bond acceptors (Lipinski definition) is 8. The zero-order valence-corrected chi connectivity index (χ0v) is 21.2. The molecule has 0 aromatic carbocycles. The van der Waals surface area contributed by atoms with Crippen LogP contribution in [0.3, 0.4) is 0 Å². The van der Waals surface area contributed by atoms with E-state index in [0.29, 0.717) is 19.3 Å². The number of esters is 1. The van der Waals surface area contributed by atoms with Gasteiger partial charge >= 0.3 is 5.97 Å². The number of ether oxygens (including phenoxy) is 3. The first-order valence-electron chi connectivity index (χ1n) is 13.1. The third-order valence-electron chi connectivity index (χ3n) is 11.2. The molecule has 4 aliphatic carbocycles.